The predicted octanol–water partition coefficient (Wildman–Crippen LogP) is 1.31. The summed E-state index contributed by atoms with van der Waals surface area (Å²) in [6.45, 7) is 1.73. The lowest BCUT2D eigenvalue weighted by atomic mass is 9.90. The number of hydrogen-bond acceptors (Lipinski definition) is 5. The molecule has 0 bridgehead atoms. The zero-order valence-corrected chi connectivity index (χ0v) is 10.0. The zero-order chi connectivity index (χ0) is 13.0. The van der Waals surface area contributed by atoms with E-state index in [9.17, 15) is 9.59 Å². The number of carbonyl (C=O) groups is 2. The molecule has 1 aliphatic rings. The normalized spacial score (nSPS) is 22.1. The standard InChI is InChI=1S/C12H14N4O2/c1-9(17)12(7-8-13-16-15-12)11(18)14-10-5-3-2-4-6-10/h2-6H,7-8H2,1H3,(H,13,15)(H,14,18). The summed E-state index contributed by atoms with van der Waals surface area (Å²) < 4.78 is 0. The molecule has 0 radical (unpaired) electrons. The highest BCUT2D eigenvalue weighted by Crippen LogP contribution is 2.19. The van der Waals surface area contributed by atoms with E-state index in [2.05, 4.69) is 21.1 Å². The van der Waals surface area contributed by atoms with Crippen LogP contribution in [0.3, 0.4) is 0 Å². The first-order valence-electron chi connectivity index (χ1n) is 5.66. The second-order valence-electron chi connectivity index (χ2n) is 4.11. The summed E-state index contributed by atoms with van der Waals surface area (Å²) in [5.74, 6) is -0.672. The number of rotatable bonds is 3. The molecule has 1 aromatic carbocycles. The van der Waals surface area contributed by atoms with E-state index >= 15 is 0 Å². The molecule has 0 aromatic heterocycles. The van der Waals surface area contributed by atoms with Crippen LogP contribution >= 0.6 is 0 Å². The number of carbonyl (C=O) groups excluding carboxylic acids is 2. The Labute approximate surface area is 104 Å². The summed E-state index contributed by atoms with van der Waals surface area (Å²) >= 11 is 0. The molecule has 18 heavy (non-hydrogen) atoms. The maximum absolute atomic E-state index is 12.2. The highest BCUT2D eigenvalue weighted by molar-refractivity contribution is 6.14. The Morgan fingerprint density at radius 3 is 2.61 bits per heavy atom. The average molecular weight is 246 g/mol. The lowest BCUT2D eigenvalue weighted by Gasteiger charge is -2.30. The lowest BCUT2D eigenvalue weighted by molar-refractivity contribution is -0.134. The number of para-hydroxylation sites is 1. The Morgan fingerprint density at radius 1 is 1.33 bits per heavy atom. The van der Waals surface area contributed by atoms with Gasteiger partial charge in [-0.15, -0.1) is 0 Å². The Hall–Kier alpha value is -2.24. The summed E-state index contributed by atoms with van der Waals surface area (Å²) in [5.41, 5.74) is 1.89. The molecule has 2 rings (SSSR count). The third-order valence-corrected chi connectivity index (χ3v) is 2.92. The second-order valence-corrected chi connectivity index (χ2v) is 4.11. The third kappa shape index (κ3) is 2.22. The van der Waals surface area contributed by atoms with Crippen LogP contribution < -0.4 is 10.7 Å². The molecule has 1 unspecified atom stereocenters. The van der Waals surface area contributed by atoms with Crippen molar-refractivity contribution in [1.82, 2.24) is 5.43 Å². The fourth-order valence-corrected chi connectivity index (χ4v) is 1.78. The van der Waals surface area contributed by atoms with Gasteiger partial charge in [0, 0.05) is 12.1 Å². The van der Waals surface area contributed by atoms with Gasteiger partial charge in [-0.05, 0) is 19.1 Å². The molecule has 0 saturated carbocycles. The molecule has 2 N–H and O–H groups in total. The lowest BCUT2D eigenvalue weighted by Crippen LogP contribution is -2.59. The molecule has 6 nitrogen and oxygen atoms in total. The van der Waals surface area contributed by atoms with Crippen LogP contribution in [0.4, 0.5) is 5.69 Å². The quantitative estimate of drug-likeness (QED) is 0.789. The van der Waals surface area contributed by atoms with Gasteiger partial charge in [0.1, 0.15) is 0 Å². The number of ketones is 1. The van der Waals surface area contributed by atoms with Crippen LogP contribution in [0, 0.1) is 0 Å². The molecule has 1 aliphatic heterocycles. The highest BCUT2D eigenvalue weighted by atomic mass is 16.2. The van der Waals surface area contributed by atoms with E-state index in [0.717, 1.165) is 0 Å². The van der Waals surface area contributed by atoms with Crippen molar-refractivity contribution in [2.45, 2.75) is 18.9 Å². The molecule has 94 valence electrons. The monoisotopic (exact) mass is 246 g/mol. The van der Waals surface area contributed by atoms with E-state index in [-0.39, 0.29) is 5.78 Å². The molecule has 0 saturated heterocycles. The first-order chi connectivity index (χ1) is 8.65. The van der Waals surface area contributed by atoms with Crippen molar-refractivity contribution in [2.75, 3.05) is 11.9 Å². The van der Waals surface area contributed by atoms with E-state index in [0.29, 0.717) is 18.7 Å². The predicted molar refractivity (Wildman–Crippen MR) is 66.0 cm³/mol. The molecule has 1 heterocycles. The van der Waals surface area contributed by atoms with E-state index in [1.54, 1.807) is 12.1 Å². The number of amides is 1. The van der Waals surface area contributed by atoms with Crippen LogP contribution in [0.2, 0.25) is 0 Å². The summed E-state index contributed by atoms with van der Waals surface area (Å²) in [6.07, 6.45) is 0.310. The average Bonchev–Trinajstić information content (AvgIpc) is 2.40. The molecule has 0 aliphatic carbocycles. The molecule has 1 amide bonds. The smallest absolute Gasteiger partial charge is 0.259 e. The molecule has 1 atom stereocenters. The first kappa shape index (κ1) is 12.2. The maximum Gasteiger partial charge on any atom is 0.259 e. The molecule has 1 aromatic rings. The summed E-state index contributed by atoms with van der Waals surface area (Å²) in [7, 11) is 0. The molecular weight excluding hydrogens is 232 g/mol. The minimum atomic E-state index is -1.31. The molecule has 0 fully saturated rings. The highest BCUT2D eigenvalue weighted by Gasteiger charge is 2.44. The maximum atomic E-state index is 12.2. The van der Waals surface area contributed by atoms with E-state index in [4.69, 9.17) is 0 Å². The number of nitrogens with one attached hydrogen (secondary N) is 2. The Bertz CT molecular complexity index is 486. The fraction of sp³-hybridized carbons (Fsp3) is 0.333. The van der Waals surface area contributed by atoms with Crippen molar-refractivity contribution in [3.63, 3.8) is 0 Å². The Morgan fingerprint density at radius 2 is 2.06 bits per heavy atom. The molecule has 0 spiro atoms. The SMILES string of the molecule is CC(=O)C1(C(=O)Nc2ccccc2)CCN=NN1. The molecular formula is C12H14N4O2. The number of nitrogens with zero attached hydrogens (tertiary/aromatic N) is 2. The first-order valence-corrected chi connectivity index (χ1v) is 5.66. The van der Waals surface area contributed by atoms with Gasteiger partial charge >= 0.3 is 0 Å². The number of hydrogen-bond donors (Lipinski definition) is 2. The van der Waals surface area contributed by atoms with Crippen LogP contribution in [0.5, 0.6) is 0 Å². The Balaban J connectivity index is 2.20. The van der Waals surface area contributed by atoms with Gasteiger partial charge in [-0.25, -0.2) is 0 Å². The van der Waals surface area contributed by atoms with Gasteiger partial charge in [-0.3, -0.25) is 15.0 Å². The minimum Gasteiger partial charge on any atom is -0.324 e. The zero-order valence-electron chi connectivity index (χ0n) is 10.0. The third-order valence-electron chi connectivity index (χ3n) is 2.92. The van der Waals surface area contributed by atoms with Gasteiger partial charge in [-0.2, -0.15) is 5.11 Å². The topological polar surface area (TPSA) is 82.9 Å². The van der Waals surface area contributed by atoms with Crippen molar-refractivity contribution in [2.24, 2.45) is 10.3 Å². The van der Waals surface area contributed by atoms with E-state index in [1.165, 1.54) is 6.92 Å². The largest absolute Gasteiger partial charge is 0.324 e. The summed E-state index contributed by atoms with van der Waals surface area (Å²) in [4.78, 5) is 24.0. The van der Waals surface area contributed by atoms with E-state index in [1.807, 2.05) is 18.2 Å². The molecule has 6 heteroatoms. The van der Waals surface area contributed by atoms with Gasteiger partial charge in [0.25, 0.3) is 5.91 Å². The van der Waals surface area contributed by atoms with Crippen molar-refractivity contribution < 1.29 is 9.59 Å². The van der Waals surface area contributed by atoms with Gasteiger partial charge < -0.3 is 5.32 Å². The number of Topliss-reactive ketones (excluding diaryl/α,β-unsaturated/α-hetero) is 1. The van der Waals surface area contributed by atoms with Crippen molar-refractivity contribution in [3.05, 3.63) is 30.3 Å². The van der Waals surface area contributed by atoms with Gasteiger partial charge in [-0.1, -0.05) is 23.4 Å². The van der Waals surface area contributed by atoms with Crippen molar-refractivity contribution in [3.8, 4) is 0 Å². The van der Waals surface area contributed by atoms with Crippen LogP contribution in [-0.2, 0) is 9.59 Å². The Kier molecular flexibility index (Phi) is 3.36. The number of anilines is 1. The van der Waals surface area contributed by atoms with Crippen molar-refractivity contribution in [1.29, 1.82) is 0 Å². The van der Waals surface area contributed by atoms with Gasteiger partial charge in [0.15, 0.2) is 11.3 Å². The summed E-state index contributed by atoms with van der Waals surface area (Å²) in [6, 6.07) is 8.99. The van der Waals surface area contributed by atoms with Crippen LogP contribution in [-0.4, -0.2) is 23.8 Å². The number of benzene rings is 1. The summed E-state index contributed by atoms with van der Waals surface area (Å²) in [5, 5.41) is 10.0. The fourth-order valence-electron chi connectivity index (χ4n) is 1.78. The van der Waals surface area contributed by atoms with Gasteiger partial charge in [0.2, 0.25) is 0 Å². The second kappa shape index (κ2) is 4.95. The van der Waals surface area contributed by atoms with E-state index < -0.39 is 11.4 Å². The minimum absolute atomic E-state index is 0.269. The van der Waals surface area contributed by atoms with Gasteiger partial charge in [0.05, 0.1) is 6.54 Å². The van der Waals surface area contributed by atoms with Crippen LogP contribution in [0.25, 0.3) is 0 Å². The van der Waals surface area contributed by atoms with Crippen molar-refractivity contribution >= 4 is 17.4 Å². The van der Waals surface area contributed by atoms with Crippen LogP contribution in [0.15, 0.2) is 40.7 Å². The van der Waals surface area contributed by atoms with Crippen LogP contribution in [0.1, 0.15) is 13.3 Å².